The molecule has 112 valence electrons. The highest BCUT2D eigenvalue weighted by atomic mass is 16.3. The first kappa shape index (κ1) is 16.7. The molecule has 1 amide bonds. The highest BCUT2D eigenvalue weighted by Crippen LogP contribution is 2.04. The molecule has 1 aromatic carbocycles. The number of nitrogens with zero attached hydrogens (tertiary/aromatic N) is 1. The Kier molecular flexibility index (Phi) is 7.26. The molecule has 0 heterocycles. The molecule has 2 atom stereocenters. The fourth-order valence-corrected chi connectivity index (χ4v) is 2.31. The Morgan fingerprint density at radius 1 is 1.25 bits per heavy atom. The van der Waals surface area contributed by atoms with Crippen molar-refractivity contribution in [1.82, 2.24) is 10.2 Å². The van der Waals surface area contributed by atoms with E-state index in [4.69, 9.17) is 0 Å². The van der Waals surface area contributed by atoms with Gasteiger partial charge in [0.25, 0.3) is 0 Å². The molecule has 4 heteroatoms. The second kappa shape index (κ2) is 8.72. The van der Waals surface area contributed by atoms with E-state index in [1.165, 1.54) is 0 Å². The summed E-state index contributed by atoms with van der Waals surface area (Å²) in [7, 11) is 0. The van der Waals surface area contributed by atoms with Crippen molar-refractivity contribution in [2.24, 2.45) is 0 Å². The molecule has 0 aromatic heterocycles. The van der Waals surface area contributed by atoms with Crippen molar-refractivity contribution >= 4 is 5.91 Å². The van der Waals surface area contributed by atoms with E-state index in [-0.39, 0.29) is 24.6 Å². The largest absolute Gasteiger partial charge is 0.395 e. The summed E-state index contributed by atoms with van der Waals surface area (Å²) in [6, 6.07) is 9.60. The van der Waals surface area contributed by atoms with Crippen LogP contribution in [0.15, 0.2) is 30.3 Å². The molecule has 0 spiro atoms. The highest BCUT2D eigenvalue weighted by Gasteiger charge is 2.21. The number of benzene rings is 1. The highest BCUT2D eigenvalue weighted by molar-refractivity contribution is 5.81. The SMILES string of the molecule is CCN(CC)C(=O)C(C)NC(CO)Cc1ccccc1. The minimum Gasteiger partial charge on any atom is -0.395 e. The molecular formula is C16H26N2O2. The van der Waals surface area contributed by atoms with Crippen LogP contribution < -0.4 is 5.32 Å². The van der Waals surface area contributed by atoms with E-state index in [0.29, 0.717) is 19.5 Å². The minimum absolute atomic E-state index is 0.0186. The fraction of sp³-hybridized carbons (Fsp3) is 0.562. The summed E-state index contributed by atoms with van der Waals surface area (Å²) in [5.74, 6) is 0.0847. The minimum atomic E-state index is -0.282. The molecule has 2 N–H and O–H groups in total. The van der Waals surface area contributed by atoms with E-state index in [1.54, 1.807) is 4.90 Å². The van der Waals surface area contributed by atoms with Crippen molar-refractivity contribution in [1.29, 1.82) is 0 Å². The van der Waals surface area contributed by atoms with Gasteiger partial charge in [-0.3, -0.25) is 4.79 Å². The molecule has 4 nitrogen and oxygen atoms in total. The summed E-state index contributed by atoms with van der Waals surface area (Å²) < 4.78 is 0. The second-order valence-electron chi connectivity index (χ2n) is 4.97. The van der Waals surface area contributed by atoms with Crippen LogP contribution in [0.1, 0.15) is 26.3 Å². The Morgan fingerprint density at radius 3 is 2.35 bits per heavy atom. The van der Waals surface area contributed by atoms with Crippen LogP contribution in [0.4, 0.5) is 0 Å². The number of nitrogens with one attached hydrogen (secondary N) is 1. The van der Waals surface area contributed by atoms with Crippen molar-refractivity contribution < 1.29 is 9.90 Å². The summed E-state index contributed by atoms with van der Waals surface area (Å²) in [5, 5.41) is 12.7. The molecule has 0 fully saturated rings. The van der Waals surface area contributed by atoms with Gasteiger partial charge in [-0.25, -0.2) is 0 Å². The van der Waals surface area contributed by atoms with E-state index in [1.807, 2.05) is 51.1 Å². The number of aliphatic hydroxyl groups is 1. The van der Waals surface area contributed by atoms with Gasteiger partial charge in [0, 0.05) is 19.1 Å². The Bertz CT molecular complexity index is 391. The molecule has 1 aromatic rings. The summed E-state index contributed by atoms with van der Waals surface area (Å²) in [6.45, 7) is 7.25. The summed E-state index contributed by atoms with van der Waals surface area (Å²) >= 11 is 0. The Balaban J connectivity index is 2.57. The Morgan fingerprint density at radius 2 is 1.85 bits per heavy atom. The lowest BCUT2D eigenvalue weighted by atomic mass is 10.1. The first-order valence-electron chi connectivity index (χ1n) is 7.31. The Hall–Kier alpha value is -1.39. The van der Waals surface area contributed by atoms with E-state index in [9.17, 15) is 9.90 Å². The van der Waals surface area contributed by atoms with Crippen LogP contribution in [0, 0.1) is 0 Å². The molecule has 0 saturated carbocycles. The third-order valence-corrected chi connectivity index (χ3v) is 3.48. The van der Waals surface area contributed by atoms with Crippen molar-refractivity contribution in [3.63, 3.8) is 0 Å². The van der Waals surface area contributed by atoms with E-state index < -0.39 is 0 Å². The number of carbonyl (C=O) groups is 1. The quantitative estimate of drug-likeness (QED) is 0.756. The molecule has 2 unspecified atom stereocenters. The van der Waals surface area contributed by atoms with Gasteiger partial charge >= 0.3 is 0 Å². The maximum atomic E-state index is 12.2. The summed E-state index contributed by atoms with van der Waals surface area (Å²) in [6.07, 6.45) is 0.715. The van der Waals surface area contributed by atoms with E-state index >= 15 is 0 Å². The standard InChI is InChI=1S/C16H26N2O2/c1-4-18(5-2)16(20)13(3)17-15(12-19)11-14-9-7-6-8-10-14/h6-10,13,15,17,19H,4-5,11-12H2,1-3H3. The van der Waals surface area contributed by atoms with Gasteiger partial charge in [-0.05, 0) is 32.8 Å². The first-order chi connectivity index (χ1) is 9.62. The van der Waals surface area contributed by atoms with Crippen molar-refractivity contribution in [3.05, 3.63) is 35.9 Å². The lowest BCUT2D eigenvalue weighted by Crippen LogP contribution is -2.50. The third kappa shape index (κ3) is 4.94. The lowest BCUT2D eigenvalue weighted by Gasteiger charge is -2.26. The normalized spacial score (nSPS) is 13.8. The molecule has 0 bridgehead atoms. The predicted molar refractivity (Wildman–Crippen MR) is 81.5 cm³/mol. The average Bonchev–Trinajstić information content (AvgIpc) is 2.48. The maximum Gasteiger partial charge on any atom is 0.239 e. The molecule has 0 radical (unpaired) electrons. The zero-order valence-electron chi connectivity index (χ0n) is 12.7. The first-order valence-corrected chi connectivity index (χ1v) is 7.31. The number of rotatable bonds is 8. The van der Waals surface area contributed by atoms with Gasteiger partial charge < -0.3 is 15.3 Å². The topological polar surface area (TPSA) is 52.6 Å². The van der Waals surface area contributed by atoms with Gasteiger partial charge in [0.1, 0.15) is 0 Å². The van der Waals surface area contributed by atoms with Gasteiger partial charge in [0.05, 0.1) is 12.6 Å². The van der Waals surface area contributed by atoms with Crippen LogP contribution in [-0.2, 0) is 11.2 Å². The van der Waals surface area contributed by atoms with Crippen molar-refractivity contribution in [3.8, 4) is 0 Å². The van der Waals surface area contributed by atoms with Crippen molar-refractivity contribution in [2.75, 3.05) is 19.7 Å². The van der Waals surface area contributed by atoms with Gasteiger partial charge in [-0.15, -0.1) is 0 Å². The van der Waals surface area contributed by atoms with E-state index in [0.717, 1.165) is 5.56 Å². The summed E-state index contributed by atoms with van der Waals surface area (Å²) in [5.41, 5.74) is 1.15. The molecule has 0 saturated heterocycles. The average molecular weight is 278 g/mol. The molecule has 0 aliphatic heterocycles. The van der Waals surface area contributed by atoms with E-state index in [2.05, 4.69) is 5.32 Å². The predicted octanol–water partition coefficient (Wildman–Crippen LogP) is 1.44. The fourth-order valence-electron chi connectivity index (χ4n) is 2.31. The number of aliphatic hydroxyl groups excluding tert-OH is 1. The molecule has 0 aliphatic carbocycles. The molecule has 0 aliphatic rings. The van der Waals surface area contributed by atoms with Crippen LogP contribution in [-0.4, -0.2) is 47.7 Å². The zero-order chi connectivity index (χ0) is 15.0. The second-order valence-corrected chi connectivity index (χ2v) is 4.97. The van der Waals surface area contributed by atoms with Crippen LogP contribution in [0.5, 0.6) is 0 Å². The smallest absolute Gasteiger partial charge is 0.239 e. The van der Waals surface area contributed by atoms with Crippen LogP contribution in [0.3, 0.4) is 0 Å². The van der Waals surface area contributed by atoms with Gasteiger partial charge in [0.2, 0.25) is 5.91 Å². The zero-order valence-corrected chi connectivity index (χ0v) is 12.7. The number of amides is 1. The van der Waals surface area contributed by atoms with Gasteiger partial charge in [0.15, 0.2) is 0 Å². The third-order valence-electron chi connectivity index (χ3n) is 3.48. The van der Waals surface area contributed by atoms with Crippen LogP contribution in [0.2, 0.25) is 0 Å². The van der Waals surface area contributed by atoms with Crippen LogP contribution in [0.25, 0.3) is 0 Å². The lowest BCUT2D eigenvalue weighted by molar-refractivity contribution is -0.132. The molecular weight excluding hydrogens is 252 g/mol. The number of carbonyl (C=O) groups excluding carboxylic acids is 1. The van der Waals surface area contributed by atoms with Crippen LogP contribution >= 0.6 is 0 Å². The summed E-state index contributed by atoms with van der Waals surface area (Å²) in [4.78, 5) is 14.0. The number of hydrogen-bond acceptors (Lipinski definition) is 3. The number of hydrogen-bond donors (Lipinski definition) is 2. The Labute approximate surface area is 121 Å². The molecule has 1 rings (SSSR count). The molecule has 20 heavy (non-hydrogen) atoms. The van der Waals surface area contributed by atoms with Gasteiger partial charge in [-0.2, -0.15) is 0 Å². The monoisotopic (exact) mass is 278 g/mol. The van der Waals surface area contributed by atoms with Crippen molar-refractivity contribution in [2.45, 2.75) is 39.3 Å². The van der Waals surface area contributed by atoms with Gasteiger partial charge in [-0.1, -0.05) is 30.3 Å². The maximum absolute atomic E-state index is 12.2. The number of likely N-dealkylation sites (N-methyl/N-ethyl adjacent to an activating group) is 1.